The fourth-order valence-corrected chi connectivity index (χ4v) is 4.41. The smallest absolute Gasteiger partial charge is 0.308 e. The van der Waals surface area contributed by atoms with Gasteiger partial charge in [-0.1, -0.05) is 35.9 Å². The lowest BCUT2D eigenvalue weighted by atomic mass is 10.00. The summed E-state index contributed by atoms with van der Waals surface area (Å²) in [5.41, 5.74) is 4.09. The van der Waals surface area contributed by atoms with Crippen molar-refractivity contribution in [1.82, 2.24) is 14.8 Å². The number of benzene rings is 3. The monoisotopic (exact) mass is 516 g/mol. The van der Waals surface area contributed by atoms with Gasteiger partial charge in [-0.3, -0.25) is 14.4 Å². The first-order valence-electron chi connectivity index (χ1n) is 11.7. The molecule has 0 bridgehead atoms. The number of methoxy groups -OCH3 is 2. The summed E-state index contributed by atoms with van der Waals surface area (Å²) in [5, 5.41) is 9.31. The molecule has 0 amide bonds. The van der Waals surface area contributed by atoms with Gasteiger partial charge in [-0.15, -0.1) is 10.2 Å². The molecule has 0 N–H and O–H groups in total. The number of rotatable bonds is 7. The van der Waals surface area contributed by atoms with Gasteiger partial charge in [0.25, 0.3) is 0 Å². The number of aromatic nitrogens is 3. The van der Waals surface area contributed by atoms with Crippen LogP contribution in [0.25, 0.3) is 5.69 Å². The van der Waals surface area contributed by atoms with Crippen molar-refractivity contribution in [2.24, 2.45) is 4.99 Å². The molecular formula is C28H25ClN4O4. The fourth-order valence-electron chi connectivity index (χ4n) is 4.28. The summed E-state index contributed by atoms with van der Waals surface area (Å²) >= 11 is 6.16. The lowest BCUT2D eigenvalue weighted by molar-refractivity contribution is -0.145. The molecule has 9 heteroatoms. The lowest BCUT2D eigenvalue weighted by Gasteiger charge is -2.14. The van der Waals surface area contributed by atoms with E-state index in [2.05, 4.69) is 10.2 Å². The SMILES string of the molecule is COc1ccc(COC(=O)C[C@@H]2N=C(c3ccc(Cl)cc3)c3cc(OC)ccc3-n3c(C)nnc32)cc1. The molecule has 8 nitrogen and oxygen atoms in total. The van der Waals surface area contributed by atoms with Gasteiger partial charge in [0.2, 0.25) is 0 Å². The maximum Gasteiger partial charge on any atom is 0.308 e. The molecule has 37 heavy (non-hydrogen) atoms. The molecule has 1 aliphatic rings. The number of hydrogen-bond acceptors (Lipinski definition) is 7. The van der Waals surface area contributed by atoms with E-state index in [0.717, 1.165) is 28.1 Å². The Kier molecular flexibility index (Phi) is 6.92. The van der Waals surface area contributed by atoms with Crippen LogP contribution in [0.2, 0.25) is 5.02 Å². The molecule has 4 aromatic rings. The Labute approximate surface area is 219 Å². The molecule has 188 valence electrons. The lowest BCUT2D eigenvalue weighted by Crippen LogP contribution is -2.13. The predicted molar refractivity (Wildman–Crippen MR) is 140 cm³/mol. The molecule has 0 saturated carbocycles. The van der Waals surface area contributed by atoms with Gasteiger partial charge in [-0.2, -0.15) is 0 Å². The molecule has 2 heterocycles. The predicted octanol–water partition coefficient (Wildman–Crippen LogP) is 5.27. The number of carbonyl (C=O) groups is 1. The highest BCUT2D eigenvalue weighted by Gasteiger charge is 2.30. The molecule has 0 radical (unpaired) electrons. The third-order valence-electron chi connectivity index (χ3n) is 6.17. The first kappa shape index (κ1) is 24.5. The number of esters is 1. The van der Waals surface area contributed by atoms with Crippen LogP contribution in [-0.2, 0) is 16.1 Å². The molecule has 0 aliphatic carbocycles. The van der Waals surface area contributed by atoms with Gasteiger partial charge in [0.05, 0.1) is 32.0 Å². The van der Waals surface area contributed by atoms with Crippen molar-refractivity contribution < 1.29 is 19.0 Å². The van der Waals surface area contributed by atoms with E-state index in [9.17, 15) is 4.79 Å². The first-order chi connectivity index (χ1) is 18.0. The minimum absolute atomic E-state index is 0.00347. The van der Waals surface area contributed by atoms with Crippen molar-refractivity contribution in [3.8, 4) is 17.2 Å². The van der Waals surface area contributed by atoms with Gasteiger partial charge < -0.3 is 14.2 Å². The molecule has 1 aromatic heterocycles. The van der Waals surface area contributed by atoms with E-state index in [1.807, 2.05) is 78.2 Å². The van der Waals surface area contributed by atoms with E-state index < -0.39 is 12.0 Å². The number of hydrogen-bond donors (Lipinski definition) is 0. The fraction of sp³-hybridized carbons (Fsp3) is 0.214. The summed E-state index contributed by atoms with van der Waals surface area (Å²) in [5.74, 6) is 2.28. The van der Waals surface area contributed by atoms with Crippen LogP contribution in [0.5, 0.6) is 11.5 Å². The number of ether oxygens (including phenoxy) is 3. The molecule has 0 fully saturated rings. The number of aryl methyl sites for hydroxylation is 1. The van der Waals surface area contributed by atoms with E-state index in [1.165, 1.54) is 0 Å². The Hall–Kier alpha value is -4.17. The second-order valence-corrected chi connectivity index (χ2v) is 8.97. The minimum atomic E-state index is -0.617. The Morgan fingerprint density at radius 1 is 0.946 bits per heavy atom. The van der Waals surface area contributed by atoms with Crippen LogP contribution >= 0.6 is 11.6 Å². The standard InChI is InChI=1S/C28H25ClN4O4/c1-17-31-32-28-24(15-26(34)37-16-18-4-10-21(35-2)11-5-18)30-27(19-6-8-20(29)9-7-19)23-14-22(36-3)12-13-25(23)33(17)28/h4-14,24H,15-16H2,1-3H3/t24-/m0/s1. The molecule has 3 aromatic carbocycles. The van der Waals surface area contributed by atoms with Crippen LogP contribution in [0.3, 0.4) is 0 Å². The molecule has 5 rings (SSSR count). The Balaban J connectivity index is 1.51. The second kappa shape index (κ2) is 10.4. The summed E-state index contributed by atoms with van der Waals surface area (Å²) < 4.78 is 18.2. The molecular weight excluding hydrogens is 492 g/mol. The number of aliphatic imine (C=N–C) groups is 1. The highest BCUT2D eigenvalue weighted by molar-refractivity contribution is 6.30. The van der Waals surface area contributed by atoms with Crippen molar-refractivity contribution in [1.29, 1.82) is 0 Å². The summed E-state index contributed by atoms with van der Waals surface area (Å²) in [6.45, 7) is 2.02. The molecule has 0 spiro atoms. The summed E-state index contributed by atoms with van der Waals surface area (Å²) in [4.78, 5) is 18.0. The van der Waals surface area contributed by atoms with Crippen LogP contribution in [0.1, 0.15) is 40.8 Å². The van der Waals surface area contributed by atoms with E-state index in [4.69, 9.17) is 30.8 Å². The summed E-state index contributed by atoms with van der Waals surface area (Å²) in [6, 6.07) is 19.9. The largest absolute Gasteiger partial charge is 0.497 e. The van der Waals surface area contributed by atoms with E-state index in [-0.39, 0.29) is 13.0 Å². The Morgan fingerprint density at radius 3 is 2.35 bits per heavy atom. The zero-order valence-corrected chi connectivity index (χ0v) is 21.4. The average molecular weight is 517 g/mol. The zero-order chi connectivity index (χ0) is 25.9. The van der Waals surface area contributed by atoms with Gasteiger partial charge in [0, 0.05) is 16.1 Å². The van der Waals surface area contributed by atoms with Gasteiger partial charge in [0.15, 0.2) is 5.82 Å². The highest BCUT2D eigenvalue weighted by Crippen LogP contribution is 2.34. The van der Waals surface area contributed by atoms with Crippen molar-refractivity contribution in [2.45, 2.75) is 26.0 Å². The maximum atomic E-state index is 13.0. The maximum absolute atomic E-state index is 13.0. The third kappa shape index (κ3) is 5.06. The third-order valence-corrected chi connectivity index (χ3v) is 6.42. The first-order valence-corrected chi connectivity index (χ1v) is 12.1. The van der Waals surface area contributed by atoms with Crippen molar-refractivity contribution in [3.63, 3.8) is 0 Å². The van der Waals surface area contributed by atoms with Gasteiger partial charge in [0.1, 0.15) is 30.0 Å². The molecule has 1 aliphatic heterocycles. The number of carbonyl (C=O) groups excluding carboxylic acids is 1. The van der Waals surface area contributed by atoms with Crippen molar-refractivity contribution in [2.75, 3.05) is 14.2 Å². The van der Waals surface area contributed by atoms with Crippen molar-refractivity contribution in [3.05, 3.63) is 100 Å². The van der Waals surface area contributed by atoms with E-state index >= 15 is 0 Å². The molecule has 0 saturated heterocycles. The molecule has 0 unspecified atom stereocenters. The second-order valence-electron chi connectivity index (χ2n) is 8.54. The van der Waals surface area contributed by atoms with Gasteiger partial charge >= 0.3 is 5.97 Å². The number of fused-ring (bicyclic) bond motifs is 3. The molecule has 1 atom stereocenters. The normalized spacial score (nSPS) is 14.2. The Morgan fingerprint density at radius 2 is 1.65 bits per heavy atom. The Bertz CT molecular complexity index is 1460. The highest BCUT2D eigenvalue weighted by atomic mass is 35.5. The van der Waals surface area contributed by atoms with Gasteiger partial charge in [-0.05, 0) is 55.0 Å². The van der Waals surface area contributed by atoms with E-state index in [1.54, 1.807) is 14.2 Å². The van der Waals surface area contributed by atoms with Gasteiger partial charge in [-0.25, -0.2) is 0 Å². The summed E-state index contributed by atoms with van der Waals surface area (Å²) in [7, 11) is 3.23. The minimum Gasteiger partial charge on any atom is -0.497 e. The van der Waals surface area contributed by atoms with Crippen molar-refractivity contribution >= 4 is 23.3 Å². The quantitative estimate of drug-likeness (QED) is 0.311. The van der Waals surface area contributed by atoms with Crippen LogP contribution in [0.4, 0.5) is 0 Å². The van der Waals surface area contributed by atoms with Crippen LogP contribution in [-0.4, -0.2) is 40.7 Å². The van der Waals surface area contributed by atoms with Crippen LogP contribution in [0, 0.1) is 6.92 Å². The number of halogens is 1. The average Bonchev–Trinajstić information content (AvgIpc) is 3.25. The number of nitrogens with zero attached hydrogens (tertiary/aromatic N) is 4. The topological polar surface area (TPSA) is 87.8 Å². The van der Waals surface area contributed by atoms with Crippen LogP contribution < -0.4 is 9.47 Å². The van der Waals surface area contributed by atoms with E-state index in [0.29, 0.717) is 28.1 Å². The zero-order valence-electron chi connectivity index (χ0n) is 20.6. The van der Waals surface area contributed by atoms with Crippen LogP contribution in [0.15, 0.2) is 71.7 Å². The summed E-state index contributed by atoms with van der Waals surface area (Å²) in [6.07, 6.45) is -0.00347.